The first-order chi connectivity index (χ1) is 27.7. The van der Waals surface area contributed by atoms with Gasteiger partial charge in [-0.15, -0.1) is 0 Å². The molecule has 2 heteroatoms. The monoisotopic (exact) mass is 712 g/mol. The van der Waals surface area contributed by atoms with Gasteiger partial charge in [-0.05, 0) is 103 Å². The summed E-state index contributed by atoms with van der Waals surface area (Å²) in [5, 5.41) is 3.29. The van der Waals surface area contributed by atoms with E-state index < -0.39 is 0 Å². The van der Waals surface area contributed by atoms with Crippen molar-refractivity contribution in [2.75, 3.05) is 0 Å². The van der Waals surface area contributed by atoms with E-state index in [1.807, 2.05) is 0 Å². The van der Waals surface area contributed by atoms with E-state index >= 15 is 0 Å². The first-order valence-corrected chi connectivity index (χ1v) is 19.1. The molecule has 1 aromatic heterocycles. The number of benzene rings is 9. The predicted octanol–water partition coefficient (Wildman–Crippen LogP) is 14.5. The first-order valence-electron chi connectivity index (χ1n) is 19.1. The van der Waals surface area contributed by atoms with Crippen LogP contribution in [-0.4, -0.2) is 9.97 Å². The minimum absolute atomic E-state index is 0.702. The zero-order valence-corrected chi connectivity index (χ0v) is 30.7. The molecule has 0 atom stereocenters. The Morgan fingerprint density at radius 3 is 1.23 bits per heavy atom. The molecular formula is C54H36N2. The summed E-state index contributed by atoms with van der Waals surface area (Å²) < 4.78 is 0. The summed E-state index contributed by atoms with van der Waals surface area (Å²) in [6, 6.07) is 77.7. The van der Waals surface area contributed by atoms with Crippen molar-refractivity contribution in [2.45, 2.75) is 0 Å². The fourth-order valence-corrected chi connectivity index (χ4v) is 7.79. The summed E-state index contributed by atoms with van der Waals surface area (Å²) in [5.74, 6) is 0.702. The molecule has 0 spiro atoms. The summed E-state index contributed by atoms with van der Waals surface area (Å²) in [4.78, 5) is 10.7. The first kappa shape index (κ1) is 33.2. The van der Waals surface area contributed by atoms with Crippen LogP contribution in [0, 0.1) is 0 Å². The quantitative estimate of drug-likeness (QED) is 0.154. The van der Waals surface area contributed by atoms with Gasteiger partial charge in [-0.2, -0.15) is 0 Å². The molecule has 0 unspecified atom stereocenters. The molecule has 10 aromatic rings. The zero-order valence-electron chi connectivity index (χ0n) is 30.7. The van der Waals surface area contributed by atoms with Gasteiger partial charge < -0.3 is 0 Å². The van der Waals surface area contributed by atoms with E-state index in [2.05, 4.69) is 218 Å². The molecule has 0 radical (unpaired) electrons. The molecule has 0 bridgehead atoms. The Kier molecular flexibility index (Phi) is 8.55. The molecule has 0 fully saturated rings. The van der Waals surface area contributed by atoms with Crippen molar-refractivity contribution in [3.8, 4) is 78.3 Å². The molecule has 2 nitrogen and oxygen atoms in total. The second-order valence-corrected chi connectivity index (χ2v) is 14.2. The highest BCUT2D eigenvalue weighted by Crippen LogP contribution is 2.38. The average molecular weight is 713 g/mol. The van der Waals surface area contributed by atoms with Crippen LogP contribution >= 0.6 is 0 Å². The molecule has 1 heterocycles. The maximum atomic E-state index is 5.40. The lowest BCUT2D eigenvalue weighted by Gasteiger charge is -2.14. The van der Waals surface area contributed by atoms with Gasteiger partial charge in [0.25, 0.3) is 0 Å². The molecular weight excluding hydrogens is 677 g/mol. The molecule has 262 valence electrons. The molecule has 9 aromatic carbocycles. The van der Waals surface area contributed by atoms with Crippen LogP contribution in [0.1, 0.15) is 0 Å². The van der Waals surface area contributed by atoms with Crippen LogP contribution in [0.2, 0.25) is 0 Å². The lowest BCUT2D eigenvalue weighted by atomic mass is 9.92. The van der Waals surface area contributed by atoms with E-state index in [1.165, 1.54) is 33.4 Å². The number of fused-ring (bicyclic) bond motifs is 3. The Morgan fingerprint density at radius 2 is 0.625 bits per heavy atom. The summed E-state index contributed by atoms with van der Waals surface area (Å²) in [5.41, 5.74) is 15.6. The second kappa shape index (κ2) is 14.4. The minimum Gasteiger partial charge on any atom is -0.227 e. The third-order valence-corrected chi connectivity index (χ3v) is 10.6. The fraction of sp³-hybridized carbons (Fsp3) is 0. The number of nitrogens with zero attached hydrogens (tertiary/aromatic N) is 2. The summed E-state index contributed by atoms with van der Waals surface area (Å²) in [6.07, 6.45) is 0. The van der Waals surface area contributed by atoms with Crippen molar-refractivity contribution in [1.29, 1.82) is 0 Å². The highest BCUT2D eigenvalue weighted by molar-refractivity contribution is 6.10. The van der Waals surface area contributed by atoms with Gasteiger partial charge in [0.15, 0.2) is 5.82 Å². The van der Waals surface area contributed by atoms with Gasteiger partial charge >= 0.3 is 0 Å². The lowest BCUT2D eigenvalue weighted by Crippen LogP contribution is -1.96. The van der Waals surface area contributed by atoms with Crippen molar-refractivity contribution >= 4 is 21.7 Å². The maximum Gasteiger partial charge on any atom is 0.160 e. The summed E-state index contributed by atoms with van der Waals surface area (Å²) in [6.45, 7) is 0. The van der Waals surface area contributed by atoms with E-state index in [0.717, 1.165) is 60.8 Å². The Bertz CT molecular complexity index is 2950. The maximum absolute atomic E-state index is 5.40. The number of hydrogen-bond acceptors (Lipinski definition) is 2. The Labute approximate surface area is 327 Å². The van der Waals surface area contributed by atoms with E-state index in [1.54, 1.807) is 0 Å². The molecule has 0 aliphatic heterocycles. The molecule has 0 saturated carbocycles. The van der Waals surface area contributed by atoms with Crippen molar-refractivity contribution in [1.82, 2.24) is 9.97 Å². The van der Waals surface area contributed by atoms with Gasteiger partial charge in [-0.1, -0.05) is 176 Å². The number of rotatable bonds is 7. The molecule has 10 rings (SSSR count). The van der Waals surface area contributed by atoms with Crippen LogP contribution < -0.4 is 0 Å². The van der Waals surface area contributed by atoms with Crippen molar-refractivity contribution in [2.24, 2.45) is 0 Å². The minimum atomic E-state index is 0.702. The molecule has 0 aliphatic rings. The van der Waals surface area contributed by atoms with E-state index in [0.29, 0.717) is 5.82 Å². The van der Waals surface area contributed by atoms with Crippen molar-refractivity contribution < 1.29 is 0 Å². The van der Waals surface area contributed by atoms with Crippen LogP contribution in [0.3, 0.4) is 0 Å². The van der Waals surface area contributed by atoms with Crippen LogP contribution in [0.5, 0.6) is 0 Å². The number of hydrogen-bond donors (Lipinski definition) is 0. The molecule has 0 N–H and O–H groups in total. The van der Waals surface area contributed by atoms with Gasteiger partial charge in [0.2, 0.25) is 0 Å². The largest absolute Gasteiger partial charge is 0.227 e. The third-order valence-electron chi connectivity index (χ3n) is 10.6. The zero-order chi connectivity index (χ0) is 37.3. The van der Waals surface area contributed by atoms with Gasteiger partial charge in [-0.25, -0.2) is 9.97 Å². The molecule has 56 heavy (non-hydrogen) atoms. The van der Waals surface area contributed by atoms with Gasteiger partial charge in [0.1, 0.15) is 0 Å². The third kappa shape index (κ3) is 6.44. The highest BCUT2D eigenvalue weighted by atomic mass is 14.9. The average Bonchev–Trinajstić information content (AvgIpc) is 3.29. The van der Waals surface area contributed by atoms with Crippen LogP contribution in [-0.2, 0) is 0 Å². The highest BCUT2D eigenvalue weighted by Gasteiger charge is 2.16. The van der Waals surface area contributed by atoms with Crippen LogP contribution in [0.15, 0.2) is 218 Å². The lowest BCUT2D eigenvalue weighted by molar-refractivity contribution is 1.23. The normalized spacial score (nSPS) is 11.2. The molecule has 0 aliphatic carbocycles. The Balaban J connectivity index is 1.13. The number of aromatic nitrogens is 2. The van der Waals surface area contributed by atoms with Crippen LogP contribution in [0.25, 0.3) is 100.0 Å². The topological polar surface area (TPSA) is 25.8 Å². The van der Waals surface area contributed by atoms with Crippen molar-refractivity contribution in [3.05, 3.63) is 218 Å². The van der Waals surface area contributed by atoms with Gasteiger partial charge in [0, 0.05) is 21.9 Å². The molecule has 0 saturated heterocycles. The van der Waals surface area contributed by atoms with Crippen molar-refractivity contribution in [3.63, 3.8) is 0 Å². The Morgan fingerprint density at radius 1 is 0.232 bits per heavy atom. The standard InChI is InChI=1S/C54H36N2/c1-4-15-37(16-5-1)41-22-12-23-42(31-41)43-24-14-27-46(33-43)54-55-52(51-30-29-40-21-10-11-28-50(40)53(51)56-54)45-26-13-25-44(32-45)49-35-47(38-17-6-2-7-18-38)34-48(36-49)39-19-8-3-9-20-39/h1-36H. The Hall–Kier alpha value is -7.42. The van der Waals surface area contributed by atoms with Gasteiger partial charge in [-0.3, -0.25) is 0 Å². The van der Waals surface area contributed by atoms with E-state index in [9.17, 15) is 0 Å². The fourth-order valence-electron chi connectivity index (χ4n) is 7.79. The SMILES string of the molecule is c1ccc(-c2cccc(-c3cccc(-c4nc(-c5cccc(-c6cc(-c7ccccc7)cc(-c7ccccc7)c6)c5)c5ccc6ccccc6c5n4)c3)c2)cc1. The summed E-state index contributed by atoms with van der Waals surface area (Å²) >= 11 is 0. The summed E-state index contributed by atoms with van der Waals surface area (Å²) in [7, 11) is 0. The van der Waals surface area contributed by atoms with Gasteiger partial charge in [0.05, 0.1) is 11.2 Å². The second-order valence-electron chi connectivity index (χ2n) is 14.2. The van der Waals surface area contributed by atoms with E-state index in [-0.39, 0.29) is 0 Å². The smallest absolute Gasteiger partial charge is 0.160 e. The van der Waals surface area contributed by atoms with E-state index in [4.69, 9.17) is 9.97 Å². The van der Waals surface area contributed by atoms with Crippen LogP contribution in [0.4, 0.5) is 0 Å². The molecule has 0 amide bonds. The predicted molar refractivity (Wildman–Crippen MR) is 235 cm³/mol.